The fraction of sp³-hybridized carbons (Fsp3) is 0.417. The first-order valence-electron chi connectivity index (χ1n) is 11.6. The summed E-state index contributed by atoms with van der Waals surface area (Å²) in [7, 11) is -2.98. The van der Waals surface area contributed by atoms with Crippen LogP contribution in [-0.2, 0) is 16.4 Å². The fourth-order valence-corrected chi connectivity index (χ4v) is 8.53. The summed E-state index contributed by atoms with van der Waals surface area (Å²) in [5.74, 6) is 1.89. The van der Waals surface area contributed by atoms with Crippen LogP contribution in [0, 0.1) is 0 Å². The molecule has 0 spiro atoms. The Balaban J connectivity index is 1.04. The molecule has 184 valence electrons. The quantitative estimate of drug-likeness (QED) is 0.662. The summed E-state index contributed by atoms with van der Waals surface area (Å²) in [6.07, 6.45) is 0. The summed E-state index contributed by atoms with van der Waals surface area (Å²) in [5, 5.41) is 3.97. The predicted molar refractivity (Wildman–Crippen MR) is 135 cm³/mol. The molecule has 1 N–H and O–H groups in total. The molecule has 0 saturated carbocycles. The highest BCUT2D eigenvalue weighted by atomic mass is 32.2. The minimum absolute atomic E-state index is 0.0127. The second-order valence-corrected chi connectivity index (χ2v) is 12.6. The van der Waals surface area contributed by atoms with Crippen molar-refractivity contribution < 1.29 is 22.7 Å². The van der Waals surface area contributed by atoms with Crippen LogP contribution < -0.4 is 14.8 Å². The molecule has 1 amide bonds. The van der Waals surface area contributed by atoms with Crippen LogP contribution in [0.4, 0.5) is 5.69 Å². The van der Waals surface area contributed by atoms with Crippen molar-refractivity contribution in [2.24, 2.45) is 4.99 Å². The number of hydrogen-bond acceptors (Lipinski definition) is 9. The molecule has 6 rings (SSSR count). The van der Waals surface area contributed by atoms with E-state index in [0.29, 0.717) is 18.7 Å². The number of fused-ring (bicyclic) bond motifs is 2. The Kier molecular flexibility index (Phi) is 5.85. The number of amides is 1. The van der Waals surface area contributed by atoms with Gasteiger partial charge in [0.1, 0.15) is 0 Å². The SMILES string of the molecule is O=C(c1cccc(NC2=N[C@@H]3CS(=O)(=O)C[C@@H]3S2)c1)N1CCN(Cc2ccc3c(c2)OCO3)CC1. The van der Waals surface area contributed by atoms with Crippen molar-refractivity contribution in [2.75, 3.05) is 49.8 Å². The van der Waals surface area contributed by atoms with Gasteiger partial charge in [0.15, 0.2) is 26.5 Å². The van der Waals surface area contributed by atoms with Gasteiger partial charge in [-0.1, -0.05) is 23.9 Å². The number of carbonyl (C=O) groups excluding carboxylic acids is 1. The van der Waals surface area contributed by atoms with Crippen LogP contribution in [0.3, 0.4) is 0 Å². The van der Waals surface area contributed by atoms with Gasteiger partial charge in [-0.3, -0.25) is 14.7 Å². The molecule has 4 aliphatic heterocycles. The number of anilines is 1. The van der Waals surface area contributed by atoms with E-state index in [1.165, 1.54) is 17.3 Å². The first-order valence-corrected chi connectivity index (χ1v) is 14.3. The zero-order chi connectivity index (χ0) is 24.0. The number of ether oxygens (including phenoxy) is 2. The molecule has 4 heterocycles. The summed E-state index contributed by atoms with van der Waals surface area (Å²) < 4.78 is 34.4. The van der Waals surface area contributed by atoms with Crippen LogP contribution in [0.15, 0.2) is 47.5 Å². The second kappa shape index (κ2) is 9.03. The van der Waals surface area contributed by atoms with Crippen molar-refractivity contribution >= 4 is 38.4 Å². The number of carbonyl (C=O) groups is 1. The van der Waals surface area contributed by atoms with Crippen LogP contribution in [0.1, 0.15) is 15.9 Å². The van der Waals surface area contributed by atoms with E-state index >= 15 is 0 Å². The monoisotopic (exact) mass is 514 g/mol. The molecule has 9 nitrogen and oxygen atoms in total. The van der Waals surface area contributed by atoms with Gasteiger partial charge in [0.05, 0.1) is 17.5 Å². The van der Waals surface area contributed by atoms with Gasteiger partial charge in [-0.05, 0) is 35.9 Å². The Morgan fingerprint density at radius 2 is 1.89 bits per heavy atom. The first kappa shape index (κ1) is 22.7. The number of aliphatic imine (C=N–C) groups is 1. The molecule has 0 aromatic heterocycles. The number of nitrogens with zero attached hydrogens (tertiary/aromatic N) is 3. The highest BCUT2D eigenvalue weighted by Gasteiger charge is 2.42. The Morgan fingerprint density at radius 3 is 2.71 bits per heavy atom. The molecular formula is C24H26N4O5S2. The normalized spacial score (nSPS) is 24.8. The smallest absolute Gasteiger partial charge is 0.254 e. The zero-order valence-corrected chi connectivity index (χ0v) is 20.7. The number of rotatable bonds is 4. The highest BCUT2D eigenvalue weighted by Crippen LogP contribution is 2.35. The third kappa shape index (κ3) is 4.85. The molecule has 0 unspecified atom stereocenters. The van der Waals surface area contributed by atoms with Gasteiger partial charge in [0, 0.05) is 49.2 Å². The maximum atomic E-state index is 13.2. The summed E-state index contributed by atoms with van der Waals surface area (Å²) in [6.45, 7) is 4.02. The van der Waals surface area contributed by atoms with E-state index in [4.69, 9.17) is 9.47 Å². The number of hydrogen-bond donors (Lipinski definition) is 1. The number of thioether (sulfide) groups is 1. The third-order valence-corrected chi connectivity index (χ3v) is 9.82. The average Bonchev–Trinajstić information content (AvgIpc) is 3.51. The molecule has 2 aromatic rings. The molecular weight excluding hydrogens is 488 g/mol. The standard InChI is InChI=1S/C24H26N4O5S2/c29-23(28-8-6-27(7-9-28)12-16-4-5-20-21(10-16)33-15-32-20)17-2-1-3-18(11-17)25-24-26-19-13-35(30,31)14-22(19)34-24/h1-5,10-11,19,22H,6-9,12-15H2,(H,25,26)/t19-,22+/m1/s1. The van der Waals surface area contributed by atoms with Crippen molar-refractivity contribution in [3.05, 3.63) is 53.6 Å². The maximum absolute atomic E-state index is 13.2. The van der Waals surface area contributed by atoms with E-state index in [1.54, 1.807) is 0 Å². The summed E-state index contributed by atoms with van der Waals surface area (Å²) in [5.41, 5.74) is 2.58. The van der Waals surface area contributed by atoms with E-state index in [0.717, 1.165) is 42.0 Å². The van der Waals surface area contributed by atoms with Crippen LogP contribution >= 0.6 is 11.8 Å². The molecule has 2 atom stereocenters. The van der Waals surface area contributed by atoms with Crippen molar-refractivity contribution in [2.45, 2.75) is 17.8 Å². The highest BCUT2D eigenvalue weighted by molar-refractivity contribution is 8.15. The third-order valence-electron chi connectivity index (χ3n) is 6.68. The lowest BCUT2D eigenvalue weighted by molar-refractivity contribution is 0.0628. The molecule has 0 radical (unpaired) electrons. The van der Waals surface area contributed by atoms with Gasteiger partial charge in [-0.2, -0.15) is 0 Å². The lowest BCUT2D eigenvalue weighted by Gasteiger charge is -2.34. The average molecular weight is 515 g/mol. The summed E-state index contributed by atoms with van der Waals surface area (Å²) in [4.78, 5) is 21.9. The van der Waals surface area contributed by atoms with Gasteiger partial charge >= 0.3 is 0 Å². The molecule has 0 bridgehead atoms. The van der Waals surface area contributed by atoms with Crippen LogP contribution in [0.25, 0.3) is 0 Å². The number of nitrogens with one attached hydrogen (secondary N) is 1. The van der Waals surface area contributed by atoms with Crippen molar-refractivity contribution in [3.8, 4) is 11.5 Å². The Hall–Kier alpha value is -2.76. The lowest BCUT2D eigenvalue weighted by Crippen LogP contribution is -2.48. The number of amidine groups is 1. The lowest BCUT2D eigenvalue weighted by atomic mass is 10.1. The molecule has 4 aliphatic rings. The molecule has 2 saturated heterocycles. The molecule has 2 aromatic carbocycles. The molecule has 0 aliphatic carbocycles. The topological polar surface area (TPSA) is 101 Å². The van der Waals surface area contributed by atoms with Crippen LogP contribution in [0.2, 0.25) is 0 Å². The van der Waals surface area contributed by atoms with E-state index in [2.05, 4.69) is 21.3 Å². The largest absolute Gasteiger partial charge is 0.454 e. The maximum Gasteiger partial charge on any atom is 0.254 e. The Labute approximate surface area is 208 Å². The Bertz CT molecular complexity index is 1290. The second-order valence-electron chi connectivity index (χ2n) is 9.20. The van der Waals surface area contributed by atoms with E-state index in [9.17, 15) is 13.2 Å². The van der Waals surface area contributed by atoms with Gasteiger partial charge in [0.25, 0.3) is 5.91 Å². The number of sulfone groups is 1. The molecule has 11 heteroatoms. The van der Waals surface area contributed by atoms with E-state index in [1.807, 2.05) is 41.3 Å². The van der Waals surface area contributed by atoms with Crippen LogP contribution in [0.5, 0.6) is 11.5 Å². The van der Waals surface area contributed by atoms with Crippen LogP contribution in [-0.4, -0.2) is 85.1 Å². The van der Waals surface area contributed by atoms with Gasteiger partial charge < -0.3 is 19.7 Å². The summed E-state index contributed by atoms with van der Waals surface area (Å²) >= 11 is 1.47. The number of benzene rings is 2. The molecule has 2 fully saturated rings. The predicted octanol–water partition coefficient (Wildman–Crippen LogP) is 2.05. The van der Waals surface area contributed by atoms with E-state index < -0.39 is 9.84 Å². The Morgan fingerprint density at radius 1 is 1.06 bits per heavy atom. The summed E-state index contributed by atoms with van der Waals surface area (Å²) in [6, 6.07) is 13.3. The minimum Gasteiger partial charge on any atom is -0.454 e. The minimum atomic E-state index is -2.98. The van der Waals surface area contributed by atoms with Crippen molar-refractivity contribution in [1.29, 1.82) is 0 Å². The van der Waals surface area contributed by atoms with Crippen molar-refractivity contribution in [1.82, 2.24) is 9.80 Å². The fourth-order valence-electron chi connectivity index (χ4n) is 4.86. The van der Waals surface area contributed by atoms with Gasteiger partial charge in [-0.25, -0.2) is 8.42 Å². The number of piperazine rings is 1. The van der Waals surface area contributed by atoms with Gasteiger partial charge in [-0.15, -0.1) is 0 Å². The first-order chi connectivity index (χ1) is 16.9. The molecule has 35 heavy (non-hydrogen) atoms. The van der Waals surface area contributed by atoms with E-state index in [-0.39, 0.29) is 35.5 Å². The van der Waals surface area contributed by atoms with Crippen molar-refractivity contribution in [3.63, 3.8) is 0 Å². The van der Waals surface area contributed by atoms with Gasteiger partial charge in [0.2, 0.25) is 6.79 Å². The zero-order valence-electron chi connectivity index (χ0n) is 19.1.